The van der Waals surface area contributed by atoms with E-state index in [1.165, 1.54) is 11.1 Å². The van der Waals surface area contributed by atoms with Gasteiger partial charge in [0.05, 0.1) is 6.10 Å². The Bertz CT molecular complexity index is 371. The van der Waals surface area contributed by atoms with Crippen molar-refractivity contribution < 1.29 is 5.11 Å². The molecule has 0 spiro atoms. The smallest absolute Gasteiger partial charge is 0.0934 e. The van der Waals surface area contributed by atoms with E-state index < -0.39 is 0 Å². The Morgan fingerprint density at radius 1 is 1.47 bits per heavy atom. The molecule has 0 radical (unpaired) electrons. The molecule has 82 valence electrons. The molecule has 1 aliphatic heterocycles. The second-order valence-electron chi connectivity index (χ2n) is 4.68. The van der Waals surface area contributed by atoms with Gasteiger partial charge in [-0.25, -0.2) is 0 Å². The number of benzene rings is 1. The van der Waals surface area contributed by atoms with Crippen molar-refractivity contribution >= 4 is 11.8 Å². The highest BCUT2D eigenvalue weighted by Crippen LogP contribution is 2.45. The summed E-state index contributed by atoms with van der Waals surface area (Å²) in [4.78, 5) is 0. The molecule has 0 saturated heterocycles. The zero-order chi connectivity index (χ0) is 11.1. The van der Waals surface area contributed by atoms with E-state index in [1.54, 1.807) is 0 Å². The van der Waals surface area contributed by atoms with E-state index in [4.69, 9.17) is 0 Å². The summed E-state index contributed by atoms with van der Waals surface area (Å²) in [6.07, 6.45) is 0.700. The van der Waals surface area contributed by atoms with Gasteiger partial charge in [-0.2, -0.15) is 0 Å². The van der Waals surface area contributed by atoms with Gasteiger partial charge >= 0.3 is 0 Å². The molecule has 1 aromatic rings. The summed E-state index contributed by atoms with van der Waals surface area (Å²) in [6, 6.07) is 6.51. The first-order valence-electron chi connectivity index (χ1n) is 5.48. The Morgan fingerprint density at radius 2 is 2.20 bits per heavy atom. The van der Waals surface area contributed by atoms with Crippen LogP contribution in [0.4, 0.5) is 0 Å². The fourth-order valence-electron chi connectivity index (χ4n) is 1.97. The largest absolute Gasteiger partial charge is 0.387 e. The van der Waals surface area contributed by atoms with E-state index in [1.807, 2.05) is 11.8 Å². The molecule has 1 nitrogen and oxygen atoms in total. The second-order valence-corrected chi connectivity index (χ2v) is 6.31. The zero-order valence-electron chi connectivity index (χ0n) is 9.58. The lowest BCUT2D eigenvalue weighted by atomic mass is 9.92. The molecular weight excluding hydrogens is 204 g/mol. The lowest BCUT2D eigenvalue weighted by Gasteiger charge is -2.36. The summed E-state index contributed by atoms with van der Waals surface area (Å²) >= 11 is 1.83. The molecule has 1 aliphatic rings. The lowest BCUT2D eigenvalue weighted by Crippen LogP contribution is -2.30. The number of rotatable bonds is 1. The first kappa shape index (κ1) is 11.0. The minimum absolute atomic E-state index is 0.0562. The molecule has 2 rings (SSSR count). The molecular formula is C13H18OS. The minimum Gasteiger partial charge on any atom is -0.387 e. The number of aliphatic hydroxyl groups excluding tert-OH is 1. The quantitative estimate of drug-likeness (QED) is 0.786. The third-order valence-electron chi connectivity index (χ3n) is 3.17. The van der Waals surface area contributed by atoms with Crippen molar-refractivity contribution in [2.75, 3.05) is 0 Å². The number of hydrogen-bond donors (Lipinski definition) is 1. The Hall–Kier alpha value is -0.470. The summed E-state index contributed by atoms with van der Waals surface area (Å²) in [5.41, 5.74) is 3.75. The SMILES string of the molecule is CCc1ccc2c(c1)C(O)C(C)(C)SC2. The Morgan fingerprint density at radius 3 is 2.87 bits per heavy atom. The van der Waals surface area contributed by atoms with E-state index >= 15 is 0 Å². The van der Waals surface area contributed by atoms with E-state index in [9.17, 15) is 5.11 Å². The molecule has 2 heteroatoms. The number of thioether (sulfide) groups is 1. The number of hydrogen-bond acceptors (Lipinski definition) is 2. The van der Waals surface area contributed by atoms with Crippen molar-refractivity contribution in [2.24, 2.45) is 0 Å². The van der Waals surface area contributed by atoms with Gasteiger partial charge in [0.15, 0.2) is 0 Å². The van der Waals surface area contributed by atoms with Crippen LogP contribution >= 0.6 is 11.8 Å². The molecule has 1 heterocycles. The molecule has 0 amide bonds. The standard InChI is InChI=1S/C13H18OS/c1-4-9-5-6-10-8-15-13(2,3)12(14)11(10)7-9/h5-7,12,14H,4,8H2,1-3H3. The van der Waals surface area contributed by atoms with Gasteiger partial charge in [-0.15, -0.1) is 11.8 Å². The fraction of sp³-hybridized carbons (Fsp3) is 0.538. The van der Waals surface area contributed by atoms with E-state index in [-0.39, 0.29) is 10.9 Å². The molecule has 1 unspecified atom stereocenters. The van der Waals surface area contributed by atoms with Crippen LogP contribution in [-0.4, -0.2) is 9.85 Å². The molecule has 15 heavy (non-hydrogen) atoms. The van der Waals surface area contributed by atoms with Crippen molar-refractivity contribution in [1.29, 1.82) is 0 Å². The summed E-state index contributed by atoms with van der Waals surface area (Å²) in [5, 5.41) is 10.3. The minimum atomic E-state index is -0.335. The van der Waals surface area contributed by atoms with Gasteiger partial charge in [-0.1, -0.05) is 25.1 Å². The van der Waals surface area contributed by atoms with Gasteiger partial charge in [-0.05, 0) is 37.0 Å². The number of aryl methyl sites for hydroxylation is 1. The van der Waals surface area contributed by atoms with Crippen molar-refractivity contribution in [3.63, 3.8) is 0 Å². The summed E-state index contributed by atoms with van der Waals surface area (Å²) in [7, 11) is 0. The number of aliphatic hydroxyl groups is 1. The van der Waals surface area contributed by atoms with Crippen LogP contribution < -0.4 is 0 Å². The lowest BCUT2D eigenvalue weighted by molar-refractivity contribution is 0.141. The van der Waals surface area contributed by atoms with Gasteiger partial charge < -0.3 is 5.11 Å². The third kappa shape index (κ3) is 1.93. The van der Waals surface area contributed by atoms with Crippen LogP contribution in [0.25, 0.3) is 0 Å². The number of fused-ring (bicyclic) bond motifs is 1. The molecule has 0 fully saturated rings. The molecule has 0 bridgehead atoms. The monoisotopic (exact) mass is 222 g/mol. The van der Waals surface area contributed by atoms with Crippen molar-refractivity contribution in [3.8, 4) is 0 Å². The highest BCUT2D eigenvalue weighted by atomic mass is 32.2. The van der Waals surface area contributed by atoms with Crippen LogP contribution in [0.3, 0.4) is 0 Å². The first-order chi connectivity index (χ1) is 7.04. The zero-order valence-corrected chi connectivity index (χ0v) is 10.4. The van der Waals surface area contributed by atoms with Crippen LogP contribution in [0, 0.1) is 0 Å². The topological polar surface area (TPSA) is 20.2 Å². The molecule has 0 saturated carbocycles. The maximum absolute atomic E-state index is 10.3. The summed E-state index contributed by atoms with van der Waals surface area (Å²) in [5.74, 6) is 1.02. The van der Waals surface area contributed by atoms with Crippen molar-refractivity contribution in [1.82, 2.24) is 0 Å². The Kier molecular flexibility index (Phi) is 2.82. The average Bonchev–Trinajstić information content (AvgIpc) is 2.24. The summed E-state index contributed by atoms with van der Waals surface area (Å²) < 4.78 is -0.0562. The summed E-state index contributed by atoms with van der Waals surface area (Å²) in [6.45, 7) is 6.38. The van der Waals surface area contributed by atoms with Crippen molar-refractivity contribution in [3.05, 3.63) is 34.9 Å². The third-order valence-corrected chi connectivity index (χ3v) is 4.59. The van der Waals surface area contributed by atoms with Crippen molar-refractivity contribution in [2.45, 2.75) is 43.8 Å². The highest BCUT2D eigenvalue weighted by Gasteiger charge is 2.35. The maximum atomic E-state index is 10.3. The van der Waals surface area contributed by atoms with Crippen LogP contribution in [0.15, 0.2) is 18.2 Å². The maximum Gasteiger partial charge on any atom is 0.0934 e. The van der Waals surface area contributed by atoms with E-state index in [0.717, 1.165) is 17.7 Å². The molecule has 1 atom stereocenters. The predicted octanol–water partition coefficient (Wildman–Crippen LogP) is 3.31. The van der Waals surface area contributed by atoms with Crippen LogP contribution in [0.1, 0.15) is 43.6 Å². The second kappa shape index (κ2) is 3.84. The Labute approximate surface area is 95.9 Å². The van der Waals surface area contributed by atoms with Gasteiger partial charge in [0, 0.05) is 10.5 Å². The fourth-order valence-corrected chi connectivity index (χ4v) is 3.04. The van der Waals surface area contributed by atoms with Gasteiger partial charge in [0.1, 0.15) is 0 Å². The van der Waals surface area contributed by atoms with E-state index in [0.29, 0.717) is 0 Å². The molecule has 0 aliphatic carbocycles. The molecule has 1 aromatic carbocycles. The van der Waals surface area contributed by atoms with Crippen LogP contribution in [-0.2, 0) is 12.2 Å². The molecule has 0 aromatic heterocycles. The van der Waals surface area contributed by atoms with Crippen LogP contribution in [0.2, 0.25) is 0 Å². The predicted molar refractivity (Wildman–Crippen MR) is 66.2 cm³/mol. The molecule has 1 N–H and O–H groups in total. The van der Waals surface area contributed by atoms with Gasteiger partial charge in [0.2, 0.25) is 0 Å². The van der Waals surface area contributed by atoms with Gasteiger partial charge in [0.25, 0.3) is 0 Å². The van der Waals surface area contributed by atoms with Crippen LogP contribution in [0.5, 0.6) is 0 Å². The first-order valence-corrected chi connectivity index (χ1v) is 6.47. The van der Waals surface area contributed by atoms with Gasteiger partial charge in [-0.3, -0.25) is 0 Å². The normalized spacial score (nSPS) is 23.6. The average molecular weight is 222 g/mol. The highest BCUT2D eigenvalue weighted by molar-refractivity contribution is 7.99. The van der Waals surface area contributed by atoms with E-state index in [2.05, 4.69) is 39.0 Å². The Balaban J connectivity index is 2.44.